The SMILES string of the molecule is COc1cccc(O[C@@H]2OC(CO)[C@H](O)C(O)C2NC(C)O)c1-c1cccc(NS(C)(=O)=O)c1. The van der Waals surface area contributed by atoms with Gasteiger partial charge in [0.2, 0.25) is 16.3 Å². The Hall–Kier alpha value is -2.45. The molecule has 34 heavy (non-hydrogen) atoms. The number of aliphatic hydroxyl groups excluding tert-OH is 4. The van der Waals surface area contributed by atoms with Gasteiger partial charge in [-0.25, -0.2) is 8.42 Å². The Labute approximate surface area is 198 Å². The number of anilines is 1. The summed E-state index contributed by atoms with van der Waals surface area (Å²) >= 11 is 0. The van der Waals surface area contributed by atoms with Crippen LogP contribution in [-0.2, 0) is 14.8 Å². The molecular formula is C22H30N2O9S. The van der Waals surface area contributed by atoms with Crippen LogP contribution in [0.3, 0.4) is 0 Å². The van der Waals surface area contributed by atoms with Crippen molar-refractivity contribution in [2.45, 2.75) is 43.8 Å². The summed E-state index contributed by atoms with van der Waals surface area (Å²) in [5, 5.41) is 42.9. The molecule has 0 bridgehead atoms. The van der Waals surface area contributed by atoms with Crippen molar-refractivity contribution < 1.29 is 43.1 Å². The maximum Gasteiger partial charge on any atom is 0.229 e. The van der Waals surface area contributed by atoms with Crippen LogP contribution in [0.2, 0.25) is 0 Å². The Morgan fingerprint density at radius 1 is 1.12 bits per heavy atom. The molecule has 0 radical (unpaired) electrons. The summed E-state index contributed by atoms with van der Waals surface area (Å²) in [5.74, 6) is 0.683. The van der Waals surface area contributed by atoms with Gasteiger partial charge >= 0.3 is 0 Å². The molecule has 1 aliphatic rings. The van der Waals surface area contributed by atoms with E-state index in [1.807, 2.05) is 0 Å². The first-order chi connectivity index (χ1) is 16.0. The van der Waals surface area contributed by atoms with Crippen molar-refractivity contribution in [3.63, 3.8) is 0 Å². The Balaban J connectivity index is 2.03. The highest BCUT2D eigenvalue weighted by atomic mass is 32.2. The van der Waals surface area contributed by atoms with Crippen LogP contribution in [-0.4, -0.2) is 85.7 Å². The van der Waals surface area contributed by atoms with Gasteiger partial charge in [-0.15, -0.1) is 0 Å². The number of sulfonamides is 1. The van der Waals surface area contributed by atoms with E-state index >= 15 is 0 Å². The molecule has 1 fully saturated rings. The van der Waals surface area contributed by atoms with Crippen molar-refractivity contribution in [1.29, 1.82) is 0 Å². The van der Waals surface area contributed by atoms with Gasteiger partial charge in [-0.05, 0) is 36.8 Å². The molecule has 6 atom stereocenters. The largest absolute Gasteiger partial charge is 0.496 e. The molecule has 6 N–H and O–H groups in total. The summed E-state index contributed by atoms with van der Waals surface area (Å²) in [4.78, 5) is 0. The van der Waals surface area contributed by atoms with Gasteiger partial charge in [0.05, 0.1) is 25.5 Å². The predicted molar refractivity (Wildman–Crippen MR) is 124 cm³/mol. The van der Waals surface area contributed by atoms with E-state index in [-0.39, 0.29) is 5.75 Å². The highest BCUT2D eigenvalue weighted by molar-refractivity contribution is 7.92. The molecule has 0 spiro atoms. The molecule has 12 heteroatoms. The third-order valence-corrected chi connectivity index (χ3v) is 5.83. The van der Waals surface area contributed by atoms with E-state index in [0.29, 0.717) is 22.6 Å². The van der Waals surface area contributed by atoms with Crippen molar-refractivity contribution in [1.82, 2.24) is 5.32 Å². The normalized spacial score (nSPS) is 26.0. The molecule has 1 heterocycles. The van der Waals surface area contributed by atoms with Crippen LogP contribution in [0.5, 0.6) is 11.5 Å². The third kappa shape index (κ3) is 6.16. The predicted octanol–water partition coefficient (Wildman–Crippen LogP) is -0.152. The average molecular weight is 499 g/mol. The van der Waals surface area contributed by atoms with E-state index in [2.05, 4.69) is 10.0 Å². The summed E-state index contributed by atoms with van der Waals surface area (Å²) in [6, 6.07) is 10.5. The van der Waals surface area contributed by atoms with Gasteiger partial charge < -0.3 is 34.6 Å². The highest BCUT2D eigenvalue weighted by Gasteiger charge is 2.46. The smallest absolute Gasteiger partial charge is 0.229 e. The molecule has 0 aliphatic carbocycles. The lowest BCUT2D eigenvalue weighted by molar-refractivity contribution is -0.248. The Kier molecular flexibility index (Phi) is 8.36. The minimum absolute atomic E-state index is 0.263. The second kappa shape index (κ2) is 10.9. The molecule has 3 rings (SSSR count). The Morgan fingerprint density at radius 2 is 1.79 bits per heavy atom. The number of aliphatic hydroxyl groups is 4. The summed E-state index contributed by atoms with van der Waals surface area (Å²) < 4.78 is 43.1. The monoisotopic (exact) mass is 498 g/mol. The first-order valence-corrected chi connectivity index (χ1v) is 12.4. The zero-order valence-electron chi connectivity index (χ0n) is 19.0. The second-order valence-electron chi connectivity index (χ2n) is 7.98. The van der Waals surface area contributed by atoms with Crippen LogP contribution in [0.25, 0.3) is 11.1 Å². The van der Waals surface area contributed by atoms with Crippen LogP contribution < -0.4 is 19.5 Å². The lowest BCUT2D eigenvalue weighted by Gasteiger charge is -2.43. The Morgan fingerprint density at radius 3 is 2.41 bits per heavy atom. The fraction of sp³-hybridized carbons (Fsp3) is 0.455. The number of nitrogens with one attached hydrogen (secondary N) is 2. The molecule has 0 amide bonds. The molecule has 2 aromatic carbocycles. The van der Waals surface area contributed by atoms with Gasteiger partial charge in [-0.2, -0.15) is 0 Å². The van der Waals surface area contributed by atoms with Crippen molar-refractivity contribution >= 4 is 15.7 Å². The van der Waals surface area contributed by atoms with E-state index in [1.165, 1.54) is 14.0 Å². The van der Waals surface area contributed by atoms with Gasteiger partial charge in [-0.3, -0.25) is 10.0 Å². The fourth-order valence-corrected chi connectivity index (χ4v) is 4.33. The average Bonchev–Trinajstić information content (AvgIpc) is 2.77. The molecule has 0 aromatic heterocycles. The van der Waals surface area contributed by atoms with Gasteiger partial charge in [0.25, 0.3) is 0 Å². The van der Waals surface area contributed by atoms with Crippen molar-refractivity contribution in [3.05, 3.63) is 42.5 Å². The van der Waals surface area contributed by atoms with Crippen molar-refractivity contribution in [3.8, 4) is 22.6 Å². The first-order valence-electron chi connectivity index (χ1n) is 10.5. The summed E-state index contributed by atoms with van der Waals surface area (Å²) in [5.41, 5.74) is 1.37. The van der Waals surface area contributed by atoms with E-state index in [9.17, 15) is 28.8 Å². The fourth-order valence-electron chi connectivity index (χ4n) is 3.78. The van der Waals surface area contributed by atoms with Gasteiger partial charge in [0, 0.05) is 5.69 Å². The topological polar surface area (TPSA) is 167 Å². The quantitative estimate of drug-likeness (QED) is 0.256. The molecule has 188 valence electrons. The van der Waals surface area contributed by atoms with E-state index in [4.69, 9.17) is 14.2 Å². The van der Waals surface area contributed by atoms with Crippen LogP contribution in [0.1, 0.15) is 6.92 Å². The molecule has 0 saturated carbocycles. The van der Waals surface area contributed by atoms with Crippen LogP contribution in [0.4, 0.5) is 5.69 Å². The van der Waals surface area contributed by atoms with Crippen molar-refractivity contribution in [2.75, 3.05) is 24.7 Å². The van der Waals surface area contributed by atoms with Gasteiger partial charge in [-0.1, -0.05) is 18.2 Å². The maximum atomic E-state index is 11.7. The van der Waals surface area contributed by atoms with Crippen LogP contribution >= 0.6 is 0 Å². The van der Waals surface area contributed by atoms with E-state index in [0.717, 1.165) is 6.26 Å². The zero-order chi connectivity index (χ0) is 25.0. The number of hydrogen-bond acceptors (Lipinski definition) is 10. The third-order valence-electron chi connectivity index (χ3n) is 5.22. The summed E-state index contributed by atoms with van der Waals surface area (Å²) in [6.07, 6.45) is -5.18. The lowest BCUT2D eigenvalue weighted by atomic mass is 9.96. The molecule has 1 saturated heterocycles. The van der Waals surface area contributed by atoms with E-state index < -0.39 is 53.5 Å². The van der Waals surface area contributed by atoms with Gasteiger partial charge in [0.1, 0.15) is 42.1 Å². The van der Waals surface area contributed by atoms with Crippen LogP contribution in [0.15, 0.2) is 42.5 Å². The number of ether oxygens (including phenoxy) is 3. The molecule has 1 aliphatic heterocycles. The van der Waals surface area contributed by atoms with Crippen LogP contribution in [0, 0.1) is 0 Å². The van der Waals surface area contributed by atoms with Crippen molar-refractivity contribution in [2.24, 2.45) is 0 Å². The van der Waals surface area contributed by atoms with E-state index in [1.54, 1.807) is 42.5 Å². The minimum Gasteiger partial charge on any atom is -0.496 e. The number of hydrogen-bond donors (Lipinski definition) is 6. The van der Waals surface area contributed by atoms with Gasteiger partial charge in [0.15, 0.2) is 0 Å². The Bertz CT molecular complexity index is 1080. The maximum absolute atomic E-state index is 11.7. The molecule has 11 nitrogen and oxygen atoms in total. The molecule has 2 aromatic rings. The zero-order valence-corrected chi connectivity index (χ0v) is 19.8. The lowest BCUT2D eigenvalue weighted by Crippen LogP contribution is -2.65. The number of methoxy groups -OCH3 is 1. The molecular weight excluding hydrogens is 468 g/mol. The standard InChI is InChI=1S/C22H30N2O9S/c1-12(26)23-19-21(28)20(27)17(11-25)33-22(19)32-16-9-5-8-15(31-2)18(16)13-6-4-7-14(10-13)24-34(3,29)30/h4-10,12,17,19-28H,11H2,1-3H3/t12?,17?,19?,20-,21?,22+/m0/s1. The minimum atomic E-state index is -3.50. The summed E-state index contributed by atoms with van der Waals surface area (Å²) in [6.45, 7) is 0.870. The second-order valence-corrected chi connectivity index (χ2v) is 9.73. The highest BCUT2D eigenvalue weighted by Crippen LogP contribution is 2.40. The first kappa shape index (κ1) is 26.2. The number of rotatable bonds is 9. The molecule has 4 unspecified atom stereocenters. The number of benzene rings is 2. The summed E-state index contributed by atoms with van der Waals surface area (Å²) in [7, 11) is -2.03.